The van der Waals surface area contributed by atoms with Crippen molar-refractivity contribution in [2.24, 2.45) is 12.5 Å². The van der Waals surface area contributed by atoms with Crippen molar-refractivity contribution in [1.29, 1.82) is 0 Å². The molecule has 0 bridgehead atoms. The third kappa shape index (κ3) is 3.11. The first-order valence-corrected chi connectivity index (χ1v) is 9.44. The highest BCUT2D eigenvalue weighted by molar-refractivity contribution is 6.08. The Balaban J connectivity index is 1.90. The van der Waals surface area contributed by atoms with Crippen LogP contribution in [0, 0.1) is 19.3 Å². The summed E-state index contributed by atoms with van der Waals surface area (Å²) < 4.78 is 1.76. The highest BCUT2D eigenvalue weighted by Gasteiger charge is 2.33. The molecule has 0 radical (unpaired) electrons. The first-order chi connectivity index (χ1) is 12.7. The van der Waals surface area contributed by atoms with Gasteiger partial charge in [0.2, 0.25) is 0 Å². The lowest BCUT2D eigenvalue weighted by atomic mass is 9.93. The topological polar surface area (TPSA) is 51.0 Å². The van der Waals surface area contributed by atoms with Crippen molar-refractivity contribution in [2.75, 3.05) is 13.1 Å². The van der Waals surface area contributed by atoms with Crippen LogP contribution in [0.3, 0.4) is 0 Å². The number of carbonyl (C=O) groups is 1. The Morgan fingerprint density at radius 3 is 2.63 bits per heavy atom. The maximum atomic E-state index is 13.4. The summed E-state index contributed by atoms with van der Waals surface area (Å²) in [6.45, 7) is 10.2. The van der Waals surface area contributed by atoms with Gasteiger partial charge in [-0.3, -0.25) is 9.48 Å². The quantitative estimate of drug-likeness (QED) is 0.689. The number of pyridine rings is 1. The predicted octanol–water partition coefficient (Wildman–Crippen LogP) is 4.12. The van der Waals surface area contributed by atoms with Crippen LogP contribution in [0.15, 0.2) is 30.6 Å². The fourth-order valence-electron chi connectivity index (χ4n) is 3.86. The van der Waals surface area contributed by atoms with E-state index in [1.807, 2.05) is 30.3 Å². The van der Waals surface area contributed by atoms with Gasteiger partial charge in [0.05, 0.1) is 23.0 Å². The average Bonchev–Trinajstić information content (AvgIpc) is 3.22. The smallest absolute Gasteiger partial charge is 0.254 e. The largest absolute Gasteiger partial charge is 0.338 e. The number of likely N-dealkylation sites (tertiary alicyclic amines) is 1. The van der Waals surface area contributed by atoms with Gasteiger partial charge in [0.1, 0.15) is 0 Å². The molecule has 0 aliphatic carbocycles. The molecule has 1 saturated heterocycles. The number of amides is 1. The van der Waals surface area contributed by atoms with Gasteiger partial charge in [0.25, 0.3) is 5.91 Å². The third-order valence-corrected chi connectivity index (χ3v) is 5.70. The number of fused-ring (bicyclic) bond motifs is 1. The van der Waals surface area contributed by atoms with Gasteiger partial charge in [-0.15, -0.1) is 0 Å². The Hall–Kier alpha value is -2.69. The van der Waals surface area contributed by atoms with Gasteiger partial charge in [-0.2, -0.15) is 5.10 Å². The van der Waals surface area contributed by atoms with Crippen LogP contribution >= 0.6 is 0 Å². The summed E-state index contributed by atoms with van der Waals surface area (Å²) in [5, 5.41) is 5.20. The van der Waals surface area contributed by atoms with Crippen molar-refractivity contribution in [2.45, 2.75) is 34.1 Å². The molecule has 0 saturated carbocycles. The van der Waals surface area contributed by atoms with Crippen LogP contribution in [0.5, 0.6) is 0 Å². The van der Waals surface area contributed by atoms with E-state index in [0.29, 0.717) is 0 Å². The average molecular weight is 362 g/mol. The summed E-state index contributed by atoms with van der Waals surface area (Å²) in [5.41, 5.74) is 5.84. The Bertz CT molecular complexity index is 1050. The van der Waals surface area contributed by atoms with E-state index >= 15 is 0 Å². The molecule has 5 nitrogen and oxygen atoms in total. The van der Waals surface area contributed by atoms with Crippen LogP contribution in [-0.4, -0.2) is 38.7 Å². The van der Waals surface area contributed by atoms with Crippen LogP contribution in [0.4, 0.5) is 0 Å². The van der Waals surface area contributed by atoms with Crippen LogP contribution < -0.4 is 0 Å². The van der Waals surface area contributed by atoms with Crippen molar-refractivity contribution in [1.82, 2.24) is 19.7 Å². The summed E-state index contributed by atoms with van der Waals surface area (Å²) in [4.78, 5) is 20.3. The fraction of sp³-hybridized carbons (Fsp3) is 0.409. The Morgan fingerprint density at radius 1 is 1.22 bits per heavy atom. The molecule has 27 heavy (non-hydrogen) atoms. The SMILES string of the molecule is Cc1ccc2c(C(=O)N3CCC(C)(C)C3)cc(-c3cnn(C)c3)nc2c1C. The van der Waals surface area contributed by atoms with Crippen molar-refractivity contribution >= 4 is 16.8 Å². The van der Waals surface area contributed by atoms with E-state index in [2.05, 4.69) is 38.9 Å². The molecule has 1 aliphatic heterocycles. The molecule has 140 valence electrons. The molecule has 1 amide bonds. The second-order valence-electron chi connectivity index (χ2n) is 8.50. The van der Waals surface area contributed by atoms with Crippen LogP contribution in [-0.2, 0) is 7.05 Å². The lowest BCUT2D eigenvalue weighted by Crippen LogP contribution is -2.30. The molecule has 5 heteroatoms. The number of nitrogens with zero attached hydrogens (tertiary/aromatic N) is 4. The first kappa shape index (κ1) is 17.7. The van der Waals surface area contributed by atoms with E-state index in [-0.39, 0.29) is 11.3 Å². The highest BCUT2D eigenvalue weighted by atomic mass is 16.2. The molecule has 3 heterocycles. The summed E-state index contributed by atoms with van der Waals surface area (Å²) in [5.74, 6) is 0.0985. The lowest BCUT2D eigenvalue weighted by Gasteiger charge is -2.21. The van der Waals surface area contributed by atoms with Crippen LogP contribution in [0.25, 0.3) is 22.2 Å². The summed E-state index contributed by atoms with van der Waals surface area (Å²) >= 11 is 0. The molecular weight excluding hydrogens is 336 g/mol. The van der Waals surface area contributed by atoms with Crippen molar-refractivity contribution in [3.8, 4) is 11.3 Å². The minimum Gasteiger partial charge on any atom is -0.338 e. The van der Waals surface area contributed by atoms with Gasteiger partial charge in [-0.05, 0) is 42.9 Å². The molecule has 0 spiro atoms. The Kier molecular flexibility index (Phi) is 4.06. The maximum Gasteiger partial charge on any atom is 0.254 e. The Labute approximate surface area is 160 Å². The summed E-state index contributed by atoms with van der Waals surface area (Å²) in [6, 6.07) is 6.04. The van der Waals surface area contributed by atoms with E-state index in [1.54, 1.807) is 10.9 Å². The van der Waals surface area contributed by atoms with E-state index in [9.17, 15) is 4.79 Å². The number of carbonyl (C=O) groups excluding carboxylic acids is 1. The number of aromatic nitrogens is 3. The van der Waals surface area contributed by atoms with Crippen molar-refractivity contribution < 1.29 is 4.79 Å². The molecule has 1 aromatic carbocycles. The number of benzene rings is 1. The van der Waals surface area contributed by atoms with E-state index in [1.165, 1.54) is 5.56 Å². The molecule has 2 aromatic heterocycles. The Morgan fingerprint density at radius 2 is 2.00 bits per heavy atom. The van der Waals surface area contributed by atoms with Crippen LogP contribution in [0.1, 0.15) is 41.8 Å². The van der Waals surface area contributed by atoms with E-state index < -0.39 is 0 Å². The van der Waals surface area contributed by atoms with Gasteiger partial charge in [-0.25, -0.2) is 4.98 Å². The molecule has 1 fully saturated rings. The van der Waals surface area contributed by atoms with Crippen molar-refractivity contribution in [3.63, 3.8) is 0 Å². The van der Waals surface area contributed by atoms with Gasteiger partial charge in [0, 0.05) is 37.3 Å². The molecule has 0 unspecified atom stereocenters. The van der Waals surface area contributed by atoms with E-state index in [4.69, 9.17) is 4.98 Å². The van der Waals surface area contributed by atoms with Crippen molar-refractivity contribution in [3.05, 3.63) is 47.3 Å². The minimum absolute atomic E-state index is 0.0985. The zero-order chi connectivity index (χ0) is 19.3. The predicted molar refractivity (Wildman–Crippen MR) is 108 cm³/mol. The zero-order valence-electron chi connectivity index (χ0n) is 16.7. The highest BCUT2D eigenvalue weighted by Crippen LogP contribution is 2.33. The number of aryl methyl sites for hydroxylation is 3. The van der Waals surface area contributed by atoms with Gasteiger partial charge in [-0.1, -0.05) is 26.0 Å². The monoisotopic (exact) mass is 362 g/mol. The summed E-state index contributed by atoms with van der Waals surface area (Å²) in [7, 11) is 1.89. The molecular formula is C22H26N4O. The number of hydrogen-bond acceptors (Lipinski definition) is 3. The summed E-state index contributed by atoms with van der Waals surface area (Å²) in [6.07, 6.45) is 4.77. The minimum atomic E-state index is 0.0985. The second-order valence-corrected chi connectivity index (χ2v) is 8.50. The van der Waals surface area contributed by atoms with Crippen LogP contribution in [0.2, 0.25) is 0 Å². The number of rotatable bonds is 2. The van der Waals surface area contributed by atoms with Gasteiger partial charge in [0.15, 0.2) is 0 Å². The molecule has 3 aromatic rings. The first-order valence-electron chi connectivity index (χ1n) is 9.44. The fourth-order valence-corrected chi connectivity index (χ4v) is 3.86. The van der Waals surface area contributed by atoms with Gasteiger partial charge < -0.3 is 4.90 Å². The molecule has 0 N–H and O–H groups in total. The number of hydrogen-bond donors (Lipinski definition) is 0. The standard InChI is InChI=1S/C22H26N4O/c1-14-6-7-17-18(21(27)26-9-8-22(3,4)13-26)10-19(24-20(17)15(14)2)16-11-23-25(5)12-16/h6-7,10-12H,8-9,13H2,1-5H3. The second kappa shape index (κ2) is 6.19. The van der Waals surface area contributed by atoms with E-state index in [0.717, 1.165) is 52.8 Å². The van der Waals surface area contributed by atoms with Gasteiger partial charge >= 0.3 is 0 Å². The lowest BCUT2D eigenvalue weighted by molar-refractivity contribution is 0.0780. The molecule has 1 aliphatic rings. The molecule has 0 atom stereocenters. The normalized spacial score (nSPS) is 16.3. The molecule has 4 rings (SSSR count). The maximum absolute atomic E-state index is 13.4. The zero-order valence-corrected chi connectivity index (χ0v) is 16.7. The third-order valence-electron chi connectivity index (χ3n) is 5.70.